The van der Waals surface area contributed by atoms with Gasteiger partial charge in [-0.3, -0.25) is 4.79 Å². The molecule has 0 aliphatic rings. The maximum atomic E-state index is 12.1. The van der Waals surface area contributed by atoms with Crippen LogP contribution >= 0.6 is 11.6 Å². The highest BCUT2D eigenvalue weighted by molar-refractivity contribution is 6.32. The molecule has 126 valence electrons. The van der Waals surface area contributed by atoms with Crippen molar-refractivity contribution in [1.29, 1.82) is 0 Å². The minimum Gasteiger partial charge on any atom is -0.324 e. The molecule has 3 amide bonds. The number of amides is 3. The summed E-state index contributed by atoms with van der Waals surface area (Å²) in [5, 5.41) is 5.62. The van der Waals surface area contributed by atoms with Crippen molar-refractivity contribution in [3.63, 3.8) is 0 Å². The molecule has 0 saturated heterocycles. The van der Waals surface area contributed by atoms with Gasteiger partial charge in [0.05, 0.1) is 5.69 Å². The van der Waals surface area contributed by atoms with E-state index in [0.717, 1.165) is 16.8 Å². The van der Waals surface area contributed by atoms with Gasteiger partial charge in [0.1, 0.15) is 6.54 Å². The van der Waals surface area contributed by atoms with E-state index in [1.165, 1.54) is 18.1 Å². The van der Waals surface area contributed by atoms with Gasteiger partial charge in [-0.25, -0.2) is 9.78 Å². The lowest BCUT2D eigenvalue weighted by molar-refractivity contribution is -0.116. The molecular weight excluding hydrogens is 328 g/mol. The van der Waals surface area contributed by atoms with Crippen molar-refractivity contribution in [1.82, 2.24) is 9.88 Å². The Morgan fingerprint density at radius 3 is 2.54 bits per heavy atom. The molecule has 1 heterocycles. The largest absolute Gasteiger partial charge is 0.324 e. The lowest BCUT2D eigenvalue weighted by Crippen LogP contribution is -2.37. The Hall–Kier alpha value is -2.60. The highest BCUT2D eigenvalue weighted by Crippen LogP contribution is 2.19. The molecule has 2 rings (SSSR count). The number of urea groups is 1. The average Bonchev–Trinajstić information content (AvgIpc) is 2.54. The Kier molecular flexibility index (Phi) is 5.76. The zero-order chi connectivity index (χ0) is 17.7. The lowest BCUT2D eigenvalue weighted by Gasteiger charge is -2.18. The van der Waals surface area contributed by atoms with Crippen molar-refractivity contribution in [2.75, 3.05) is 24.2 Å². The molecule has 0 atom stereocenters. The van der Waals surface area contributed by atoms with Gasteiger partial charge in [-0.15, -0.1) is 0 Å². The van der Waals surface area contributed by atoms with Crippen molar-refractivity contribution in [3.05, 3.63) is 52.8 Å². The highest BCUT2D eigenvalue weighted by Gasteiger charge is 2.15. The minimum atomic E-state index is -0.444. The number of aryl methyl sites for hydroxylation is 1. The summed E-state index contributed by atoms with van der Waals surface area (Å²) in [4.78, 5) is 29.4. The molecule has 1 aromatic carbocycles. The van der Waals surface area contributed by atoms with Crippen molar-refractivity contribution in [2.45, 2.75) is 13.8 Å². The lowest BCUT2D eigenvalue weighted by atomic mass is 10.1. The third kappa shape index (κ3) is 4.45. The predicted molar refractivity (Wildman–Crippen MR) is 95.4 cm³/mol. The van der Waals surface area contributed by atoms with Crippen LogP contribution in [0.5, 0.6) is 0 Å². The van der Waals surface area contributed by atoms with Gasteiger partial charge in [-0.05, 0) is 43.2 Å². The van der Waals surface area contributed by atoms with E-state index in [0.29, 0.717) is 5.69 Å². The Morgan fingerprint density at radius 1 is 1.12 bits per heavy atom. The second-order valence-electron chi connectivity index (χ2n) is 5.42. The molecule has 2 aromatic rings. The summed E-state index contributed by atoms with van der Waals surface area (Å²) in [6.45, 7) is 3.82. The first-order chi connectivity index (χ1) is 11.4. The Labute approximate surface area is 145 Å². The molecule has 24 heavy (non-hydrogen) atoms. The summed E-state index contributed by atoms with van der Waals surface area (Å²) in [7, 11) is 1.53. The third-order valence-electron chi connectivity index (χ3n) is 3.61. The smallest absolute Gasteiger partial charge is 0.322 e. The first-order valence-corrected chi connectivity index (χ1v) is 7.75. The van der Waals surface area contributed by atoms with E-state index in [9.17, 15) is 9.59 Å². The summed E-state index contributed by atoms with van der Waals surface area (Å²) in [5.74, 6) is -0.279. The SMILES string of the molecule is Cc1cccc(NC(=O)CN(C)C(=O)Nc2cccnc2Cl)c1C. The molecule has 1 aromatic heterocycles. The quantitative estimate of drug-likeness (QED) is 0.832. The van der Waals surface area contributed by atoms with Crippen LogP contribution in [-0.4, -0.2) is 35.4 Å². The van der Waals surface area contributed by atoms with E-state index in [1.807, 2.05) is 32.0 Å². The number of aromatic nitrogens is 1. The van der Waals surface area contributed by atoms with Gasteiger partial charge < -0.3 is 15.5 Å². The van der Waals surface area contributed by atoms with Gasteiger partial charge in [-0.2, -0.15) is 0 Å². The maximum Gasteiger partial charge on any atom is 0.322 e. The molecule has 0 saturated carbocycles. The van der Waals surface area contributed by atoms with Crippen molar-refractivity contribution < 1.29 is 9.59 Å². The van der Waals surface area contributed by atoms with E-state index >= 15 is 0 Å². The van der Waals surface area contributed by atoms with Crippen LogP contribution in [0, 0.1) is 13.8 Å². The van der Waals surface area contributed by atoms with Gasteiger partial charge in [0.25, 0.3) is 0 Å². The van der Waals surface area contributed by atoms with Crippen molar-refractivity contribution in [2.24, 2.45) is 0 Å². The zero-order valence-electron chi connectivity index (χ0n) is 13.8. The van der Waals surface area contributed by atoms with Crippen LogP contribution in [0.2, 0.25) is 5.15 Å². The number of rotatable bonds is 4. The normalized spacial score (nSPS) is 10.2. The van der Waals surface area contributed by atoms with Crippen LogP contribution < -0.4 is 10.6 Å². The molecule has 0 spiro atoms. The van der Waals surface area contributed by atoms with Crippen LogP contribution in [0.4, 0.5) is 16.2 Å². The minimum absolute atomic E-state index is 0.0862. The Bertz CT molecular complexity index is 764. The second-order valence-corrected chi connectivity index (χ2v) is 5.78. The summed E-state index contributed by atoms with van der Waals surface area (Å²) in [5.41, 5.74) is 3.22. The van der Waals surface area contributed by atoms with Crippen LogP contribution in [0.15, 0.2) is 36.5 Å². The summed E-state index contributed by atoms with van der Waals surface area (Å²) in [6.07, 6.45) is 1.53. The van der Waals surface area contributed by atoms with Gasteiger partial charge in [0.15, 0.2) is 5.15 Å². The van der Waals surface area contributed by atoms with E-state index in [4.69, 9.17) is 11.6 Å². The molecule has 7 heteroatoms. The third-order valence-corrected chi connectivity index (χ3v) is 3.91. The molecule has 6 nitrogen and oxygen atoms in total. The Morgan fingerprint density at radius 2 is 1.83 bits per heavy atom. The number of nitrogens with zero attached hydrogens (tertiary/aromatic N) is 2. The number of carbonyl (C=O) groups excluding carboxylic acids is 2. The number of anilines is 2. The first-order valence-electron chi connectivity index (χ1n) is 7.37. The summed E-state index contributed by atoms with van der Waals surface area (Å²) >= 11 is 5.89. The number of pyridine rings is 1. The van der Waals surface area contributed by atoms with Crippen LogP contribution in [0.3, 0.4) is 0 Å². The number of likely N-dealkylation sites (N-methyl/N-ethyl adjacent to an activating group) is 1. The second kappa shape index (κ2) is 7.79. The highest BCUT2D eigenvalue weighted by atomic mass is 35.5. The molecule has 0 aliphatic carbocycles. The first kappa shape index (κ1) is 17.7. The maximum absolute atomic E-state index is 12.1. The fourth-order valence-electron chi connectivity index (χ4n) is 2.05. The topological polar surface area (TPSA) is 74.3 Å². The number of halogens is 1. The van der Waals surface area contributed by atoms with E-state index in [-0.39, 0.29) is 17.6 Å². The summed E-state index contributed by atoms with van der Waals surface area (Å²) < 4.78 is 0. The van der Waals surface area contributed by atoms with Crippen molar-refractivity contribution >= 4 is 34.9 Å². The van der Waals surface area contributed by atoms with E-state index in [2.05, 4.69) is 15.6 Å². The fourth-order valence-corrected chi connectivity index (χ4v) is 2.22. The van der Waals surface area contributed by atoms with Crippen molar-refractivity contribution in [3.8, 4) is 0 Å². The Balaban J connectivity index is 1.95. The molecule has 0 unspecified atom stereocenters. The van der Waals surface area contributed by atoms with Gasteiger partial charge in [0.2, 0.25) is 5.91 Å². The number of hydrogen-bond donors (Lipinski definition) is 2. The standard InChI is InChI=1S/C17H19ClN4O2/c1-11-6-4-7-13(12(11)2)20-15(23)10-22(3)17(24)21-14-8-5-9-19-16(14)18/h4-9H,10H2,1-3H3,(H,20,23)(H,21,24). The predicted octanol–water partition coefficient (Wildman–Crippen LogP) is 3.45. The summed E-state index contributed by atoms with van der Waals surface area (Å²) in [6, 6.07) is 8.53. The van der Waals surface area contributed by atoms with Crippen LogP contribution in [0.25, 0.3) is 0 Å². The zero-order valence-corrected chi connectivity index (χ0v) is 14.5. The molecule has 2 N–H and O–H groups in total. The molecule has 0 aliphatic heterocycles. The molecular formula is C17H19ClN4O2. The van der Waals surface area contributed by atoms with Gasteiger partial charge in [0, 0.05) is 18.9 Å². The number of carbonyl (C=O) groups is 2. The fraction of sp³-hybridized carbons (Fsp3) is 0.235. The average molecular weight is 347 g/mol. The van der Waals surface area contributed by atoms with E-state index in [1.54, 1.807) is 12.1 Å². The van der Waals surface area contributed by atoms with Gasteiger partial charge >= 0.3 is 6.03 Å². The monoisotopic (exact) mass is 346 g/mol. The number of hydrogen-bond acceptors (Lipinski definition) is 3. The molecule has 0 bridgehead atoms. The van der Waals surface area contributed by atoms with E-state index < -0.39 is 6.03 Å². The van der Waals surface area contributed by atoms with Crippen LogP contribution in [0.1, 0.15) is 11.1 Å². The molecule has 0 radical (unpaired) electrons. The van der Waals surface area contributed by atoms with Gasteiger partial charge in [-0.1, -0.05) is 23.7 Å². The molecule has 0 fully saturated rings. The van der Waals surface area contributed by atoms with Crippen LogP contribution in [-0.2, 0) is 4.79 Å². The number of nitrogens with one attached hydrogen (secondary N) is 2. The number of benzene rings is 1.